The Labute approximate surface area is 104 Å². The summed E-state index contributed by atoms with van der Waals surface area (Å²) < 4.78 is 29.1. The Bertz CT molecular complexity index is 364. The molecule has 2 aliphatic heterocycles. The van der Waals surface area contributed by atoms with E-state index in [4.69, 9.17) is 4.74 Å². The molecule has 2 fully saturated rings. The van der Waals surface area contributed by atoms with Crippen molar-refractivity contribution >= 4 is 9.84 Å². The van der Waals surface area contributed by atoms with Crippen LogP contribution in [0.5, 0.6) is 0 Å². The highest BCUT2D eigenvalue weighted by atomic mass is 32.2. The van der Waals surface area contributed by atoms with Crippen molar-refractivity contribution in [1.29, 1.82) is 0 Å². The lowest BCUT2D eigenvalue weighted by atomic mass is 10.1. The smallest absolute Gasteiger partial charge is 0.154 e. The van der Waals surface area contributed by atoms with Gasteiger partial charge in [0.05, 0.1) is 22.7 Å². The molecule has 5 heteroatoms. The molecule has 4 nitrogen and oxygen atoms in total. The largest absolute Gasteiger partial charge is 0.371 e. The van der Waals surface area contributed by atoms with Crippen LogP contribution in [0.2, 0.25) is 0 Å². The van der Waals surface area contributed by atoms with E-state index in [2.05, 4.69) is 19.2 Å². The zero-order valence-electron chi connectivity index (χ0n) is 10.7. The predicted octanol–water partition coefficient (Wildman–Crippen LogP) is 1.11. The summed E-state index contributed by atoms with van der Waals surface area (Å²) in [4.78, 5) is 0. The molecule has 0 radical (unpaired) electrons. The second kappa shape index (κ2) is 4.86. The fourth-order valence-corrected chi connectivity index (χ4v) is 4.51. The maximum absolute atomic E-state index is 11.6. The second-order valence-electron chi connectivity index (χ2n) is 5.83. The Balaban J connectivity index is 1.70. The highest BCUT2D eigenvalue weighted by molar-refractivity contribution is 7.92. The third-order valence-electron chi connectivity index (χ3n) is 3.76. The van der Waals surface area contributed by atoms with Crippen molar-refractivity contribution in [3.63, 3.8) is 0 Å². The van der Waals surface area contributed by atoms with Crippen LogP contribution in [0.4, 0.5) is 0 Å². The number of hydrogen-bond donors (Lipinski definition) is 1. The predicted molar refractivity (Wildman–Crippen MR) is 67.9 cm³/mol. The summed E-state index contributed by atoms with van der Waals surface area (Å²) in [7, 11) is -2.81. The van der Waals surface area contributed by atoms with Gasteiger partial charge >= 0.3 is 0 Å². The minimum Gasteiger partial charge on any atom is -0.371 e. The number of rotatable bonds is 4. The fourth-order valence-electron chi connectivity index (χ4n) is 2.71. The highest BCUT2D eigenvalue weighted by Gasteiger charge is 2.33. The molecular formula is C12H23NO3S. The summed E-state index contributed by atoms with van der Waals surface area (Å²) in [5.41, 5.74) is -0.00815. The van der Waals surface area contributed by atoms with Crippen LogP contribution in [0.3, 0.4) is 0 Å². The van der Waals surface area contributed by atoms with Crippen molar-refractivity contribution in [3.8, 4) is 0 Å². The van der Waals surface area contributed by atoms with Gasteiger partial charge in [-0.05, 0) is 39.5 Å². The molecule has 0 aromatic carbocycles. The Morgan fingerprint density at radius 1 is 1.29 bits per heavy atom. The molecule has 2 atom stereocenters. The topological polar surface area (TPSA) is 55.4 Å². The van der Waals surface area contributed by atoms with Crippen LogP contribution in [0.1, 0.15) is 39.5 Å². The molecule has 2 aliphatic rings. The van der Waals surface area contributed by atoms with Gasteiger partial charge in [0.2, 0.25) is 0 Å². The molecule has 100 valence electrons. The zero-order valence-corrected chi connectivity index (χ0v) is 11.6. The number of hydrogen-bond acceptors (Lipinski definition) is 4. The van der Waals surface area contributed by atoms with Crippen molar-refractivity contribution in [2.75, 3.05) is 18.8 Å². The second-order valence-corrected chi connectivity index (χ2v) is 8.23. The van der Waals surface area contributed by atoms with E-state index < -0.39 is 9.84 Å². The molecule has 17 heavy (non-hydrogen) atoms. The quantitative estimate of drug-likeness (QED) is 0.823. The van der Waals surface area contributed by atoms with Crippen LogP contribution in [0, 0.1) is 0 Å². The lowest BCUT2D eigenvalue weighted by Crippen LogP contribution is -2.36. The van der Waals surface area contributed by atoms with Crippen molar-refractivity contribution in [2.45, 2.75) is 56.5 Å². The van der Waals surface area contributed by atoms with E-state index in [1.54, 1.807) is 0 Å². The van der Waals surface area contributed by atoms with Gasteiger partial charge in [-0.15, -0.1) is 0 Å². The van der Waals surface area contributed by atoms with Crippen molar-refractivity contribution in [3.05, 3.63) is 0 Å². The number of nitrogens with one attached hydrogen (secondary N) is 1. The monoisotopic (exact) mass is 261 g/mol. The summed E-state index contributed by atoms with van der Waals surface area (Å²) in [6.07, 6.45) is 4.03. The van der Waals surface area contributed by atoms with Crippen molar-refractivity contribution in [2.24, 2.45) is 0 Å². The molecular weight excluding hydrogens is 238 g/mol. The minimum atomic E-state index is -2.81. The van der Waals surface area contributed by atoms with Crippen LogP contribution in [0.15, 0.2) is 0 Å². The maximum atomic E-state index is 11.6. The van der Waals surface area contributed by atoms with Gasteiger partial charge in [-0.25, -0.2) is 8.42 Å². The molecule has 2 heterocycles. The molecule has 1 N–H and O–H groups in total. The van der Waals surface area contributed by atoms with E-state index in [0.29, 0.717) is 12.3 Å². The van der Waals surface area contributed by atoms with Crippen LogP contribution in [0.25, 0.3) is 0 Å². The van der Waals surface area contributed by atoms with Crippen LogP contribution in [-0.4, -0.2) is 44.2 Å². The van der Waals surface area contributed by atoms with Crippen molar-refractivity contribution < 1.29 is 13.2 Å². The van der Waals surface area contributed by atoms with Crippen LogP contribution < -0.4 is 5.32 Å². The highest BCUT2D eigenvalue weighted by Crippen LogP contribution is 2.28. The van der Waals surface area contributed by atoms with Gasteiger partial charge < -0.3 is 10.1 Å². The first-order valence-corrected chi connectivity index (χ1v) is 8.21. The maximum Gasteiger partial charge on any atom is 0.154 e. The molecule has 0 amide bonds. The molecule has 0 bridgehead atoms. The van der Waals surface area contributed by atoms with Crippen LogP contribution >= 0.6 is 0 Å². The van der Waals surface area contributed by atoms with Gasteiger partial charge in [-0.1, -0.05) is 0 Å². The van der Waals surface area contributed by atoms with Gasteiger partial charge in [0.15, 0.2) is 9.84 Å². The summed E-state index contributed by atoms with van der Waals surface area (Å²) in [6.45, 7) is 5.57. The van der Waals surface area contributed by atoms with E-state index in [0.717, 1.165) is 32.2 Å². The molecule has 2 unspecified atom stereocenters. The summed E-state index contributed by atoms with van der Waals surface area (Å²) in [6, 6.07) is 0. The molecule has 0 aromatic rings. The first-order valence-electron chi connectivity index (χ1n) is 6.49. The third kappa shape index (κ3) is 3.42. The molecule has 0 spiro atoms. The normalized spacial score (nSPS) is 35.2. The van der Waals surface area contributed by atoms with Gasteiger partial charge in [-0.3, -0.25) is 0 Å². The molecule has 0 aliphatic carbocycles. The molecule has 2 saturated heterocycles. The first kappa shape index (κ1) is 13.3. The van der Waals surface area contributed by atoms with E-state index in [9.17, 15) is 8.42 Å². The van der Waals surface area contributed by atoms with Gasteiger partial charge in [0.25, 0.3) is 0 Å². The van der Waals surface area contributed by atoms with Crippen molar-refractivity contribution in [1.82, 2.24) is 5.32 Å². The molecule has 2 rings (SSSR count). The van der Waals surface area contributed by atoms with Gasteiger partial charge in [-0.2, -0.15) is 0 Å². The summed E-state index contributed by atoms with van der Waals surface area (Å²) in [5.74, 6) is 0.367. The Hall–Kier alpha value is -0.130. The Morgan fingerprint density at radius 3 is 2.59 bits per heavy atom. The molecule has 0 saturated carbocycles. The van der Waals surface area contributed by atoms with Gasteiger partial charge in [0, 0.05) is 13.1 Å². The lowest BCUT2D eigenvalue weighted by molar-refractivity contribution is -0.0141. The third-order valence-corrected chi connectivity index (χ3v) is 6.04. The van der Waals surface area contributed by atoms with E-state index in [1.807, 2.05) is 0 Å². The minimum absolute atomic E-state index is 0.00815. The Kier molecular flexibility index (Phi) is 3.80. The fraction of sp³-hybridized carbons (Fsp3) is 1.00. The number of ether oxygens (including phenoxy) is 1. The summed E-state index contributed by atoms with van der Waals surface area (Å²) in [5, 5.41) is 3.09. The van der Waals surface area contributed by atoms with E-state index in [1.165, 1.54) is 0 Å². The Morgan fingerprint density at radius 2 is 2.06 bits per heavy atom. The van der Waals surface area contributed by atoms with Gasteiger partial charge in [0.1, 0.15) is 0 Å². The standard InChI is InChI=1S/C12H23NO3S/c1-12(2)6-5-10(16-12)8-13-9-11-4-3-7-17(11,14)15/h10-11,13H,3-9H2,1-2H3. The first-order chi connectivity index (χ1) is 7.89. The molecule has 0 aromatic heterocycles. The summed E-state index contributed by atoms with van der Waals surface area (Å²) >= 11 is 0. The van der Waals surface area contributed by atoms with E-state index in [-0.39, 0.29) is 17.0 Å². The zero-order chi connectivity index (χ0) is 12.5. The van der Waals surface area contributed by atoms with Crippen LogP contribution in [-0.2, 0) is 14.6 Å². The average Bonchev–Trinajstić information content (AvgIpc) is 2.71. The lowest BCUT2D eigenvalue weighted by Gasteiger charge is -2.20. The SMILES string of the molecule is CC1(C)CCC(CNCC2CCCS2(=O)=O)O1. The van der Waals surface area contributed by atoms with E-state index >= 15 is 0 Å². The number of sulfone groups is 1. The average molecular weight is 261 g/mol.